The maximum atomic E-state index is 5.97. The molecule has 1 heterocycles. The number of aryl methyl sites for hydroxylation is 1. The number of pyridine rings is 1. The van der Waals surface area contributed by atoms with Crippen molar-refractivity contribution in [3.8, 4) is 5.88 Å². The minimum atomic E-state index is 0.610. The van der Waals surface area contributed by atoms with Crippen molar-refractivity contribution in [2.24, 2.45) is 11.8 Å². The van der Waals surface area contributed by atoms with Crippen LogP contribution in [0.15, 0.2) is 24.3 Å². The van der Waals surface area contributed by atoms with Crippen LogP contribution in [-0.4, -0.2) is 18.1 Å². The molecule has 1 aromatic heterocycles. The molecule has 0 saturated heterocycles. The van der Waals surface area contributed by atoms with E-state index in [-0.39, 0.29) is 0 Å². The van der Waals surface area contributed by atoms with Crippen molar-refractivity contribution in [1.82, 2.24) is 10.3 Å². The molecule has 3 heteroatoms. The summed E-state index contributed by atoms with van der Waals surface area (Å²) in [6.07, 6.45) is 8.00. The molecule has 0 saturated carbocycles. The van der Waals surface area contributed by atoms with E-state index in [0.717, 1.165) is 44.1 Å². The van der Waals surface area contributed by atoms with Gasteiger partial charge in [0.05, 0.1) is 6.61 Å². The summed E-state index contributed by atoms with van der Waals surface area (Å²) < 4.78 is 5.97. The van der Waals surface area contributed by atoms with E-state index >= 15 is 0 Å². The minimum absolute atomic E-state index is 0.610. The second-order valence-corrected chi connectivity index (χ2v) is 6.12. The van der Waals surface area contributed by atoms with Gasteiger partial charge in [-0.15, -0.1) is 0 Å². The Kier molecular flexibility index (Phi) is 6.24. The van der Waals surface area contributed by atoms with E-state index in [1.165, 1.54) is 12.0 Å². The van der Waals surface area contributed by atoms with E-state index in [1.54, 1.807) is 0 Å². The second-order valence-electron chi connectivity index (χ2n) is 6.12. The molecular weight excluding hydrogens is 260 g/mol. The highest BCUT2D eigenvalue weighted by molar-refractivity contribution is 5.24. The second kappa shape index (κ2) is 8.18. The van der Waals surface area contributed by atoms with Crippen LogP contribution in [0.4, 0.5) is 0 Å². The predicted octanol–water partition coefficient (Wildman–Crippen LogP) is 3.87. The van der Waals surface area contributed by atoms with Gasteiger partial charge in [-0.3, -0.25) is 0 Å². The standard InChI is InChI=1S/C18H28N2O/c1-4-9-19-12-16-10-15(3)20-18(11-16)21-13-17-8-6-5-7-14(17)2/h5-6,10-11,14,17,19H,4,7-9,12-13H2,1-3H3. The molecule has 1 aromatic rings. The summed E-state index contributed by atoms with van der Waals surface area (Å²) in [6, 6.07) is 4.19. The van der Waals surface area contributed by atoms with Gasteiger partial charge in [0, 0.05) is 18.3 Å². The van der Waals surface area contributed by atoms with Crippen LogP contribution in [0.1, 0.15) is 44.4 Å². The van der Waals surface area contributed by atoms with Crippen LogP contribution in [0.25, 0.3) is 0 Å². The fourth-order valence-electron chi connectivity index (χ4n) is 2.72. The molecule has 0 fully saturated rings. The summed E-state index contributed by atoms with van der Waals surface area (Å²) in [7, 11) is 0. The number of allylic oxidation sites excluding steroid dienone is 2. The van der Waals surface area contributed by atoms with Crippen LogP contribution >= 0.6 is 0 Å². The van der Waals surface area contributed by atoms with E-state index in [2.05, 4.69) is 48.4 Å². The van der Waals surface area contributed by atoms with Gasteiger partial charge in [-0.25, -0.2) is 4.98 Å². The summed E-state index contributed by atoms with van der Waals surface area (Å²) in [6.45, 7) is 9.21. The number of hydrogen-bond acceptors (Lipinski definition) is 3. The monoisotopic (exact) mass is 288 g/mol. The smallest absolute Gasteiger partial charge is 0.213 e. The van der Waals surface area contributed by atoms with Crippen LogP contribution in [0.2, 0.25) is 0 Å². The molecule has 0 radical (unpaired) electrons. The molecular formula is C18H28N2O. The maximum absolute atomic E-state index is 5.97. The SMILES string of the molecule is CCCNCc1cc(C)nc(OCC2CC=CCC2C)c1. The number of nitrogens with zero attached hydrogens (tertiary/aromatic N) is 1. The highest BCUT2D eigenvalue weighted by Gasteiger charge is 2.19. The largest absolute Gasteiger partial charge is 0.477 e. The first kappa shape index (κ1) is 16.0. The van der Waals surface area contributed by atoms with Crippen molar-refractivity contribution in [3.63, 3.8) is 0 Å². The van der Waals surface area contributed by atoms with Gasteiger partial charge >= 0.3 is 0 Å². The molecule has 1 aliphatic rings. The molecule has 21 heavy (non-hydrogen) atoms. The zero-order valence-electron chi connectivity index (χ0n) is 13.6. The van der Waals surface area contributed by atoms with Crippen molar-refractivity contribution >= 4 is 0 Å². The molecule has 0 aliphatic heterocycles. The van der Waals surface area contributed by atoms with Crippen LogP contribution in [0.3, 0.4) is 0 Å². The molecule has 2 rings (SSSR count). The van der Waals surface area contributed by atoms with Crippen molar-refractivity contribution < 1.29 is 4.74 Å². The van der Waals surface area contributed by atoms with Crippen LogP contribution in [0.5, 0.6) is 5.88 Å². The Bertz CT molecular complexity index is 470. The third-order valence-electron chi connectivity index (χ3n) is 4.11. The van der Waals surface area contributed by atoms with E-state index < -0.39 is 0 Å². The summed E-state index contributed by atoms with van der Waals surface area (Å²) in [5.41, 5.74) is 2.28. The maximum Gasteiger partial charge on any atom is 0.213 e. The van der Waals surface area contributed by atoms with Crippen molar-refractivity contribution in [3.05, 3.63) is 35.5 Å². The van der Waals surface area contributed by atoms with E-state index in [1.807, 2.05) is 6.92 Å². The van der Waals surface area contributed by atoms with Crippen LogP contribution < -0.4 is 10.1 Å². The summed E-state index contributed by atoms with van der Waals surface area (Å²) in [5, 5.41) is 3.43. The summed E-state index contributed by atoms with van der Waals surface area (Å²) >= 11 is 0. The zero-order chi connectivity index (χ0) is 15.1. The lowest BCUT2D eigenvalue weighted by Gasteiger charge is -2.25. The van der Waals surface area contributed by atoms with Gasteiger partial charge < -0.3 is 10.1 Å². The lowest BCUT2D eigenvalue weighted by Crippen LogP contribution is -2.21. The average molecular weight is 288 g/mol. The van der Waals surface area contributed by atoms with Gasteiger partial charge in [0.25, 0.3) is 0 Å². The molecule has 0 amide bonds. The van der Waals surface area contributed by atoms with Crippen LogP contribution in [-0.2, 0) is 6.54 Å². The van der Waals surface area contributed by atoms with Crippen LogP contribution in [0, 0.1) is 18.8 Å². The first-order valence-corrected chi connectivity index (χ1v) is 8.15. The van der Waals surface area contributed by atoms with Gasteiger partial charge in [0.1, 0.15) is 0 Å². The minimum Gasteiger partial charge on any atom is -0.477 e. The van der Waals surface area contributed by atoms with Gasteiger partial charge in [-0.1, -0.05) is 26.0 Å². The molecule has 116 valence electrons. The average Bonchev–Trinajstić information content (AvgIpc) is 2.46. The molecule has 1 N–H and O–H groups in total. The highest BCUT2D eigenvalue weighted by Crippen LogP contribution is 2.25. The first-order chi connectivity index (χ1) is 10.2. The van der Waals surface area contributed by atoms with Gasteiger partial charge in [0.2, 0.25) is 5.88 Å². The Balaban J connectivity index is 1.91. The molecule has 2 unspecified atom stereocenters. The predicted molar refractivity (Wildman–Crippen MR) is 87.5 cm³/mol. The summed E-state index contributed by atoms with van der Waals surface area (Å²) in [5.74, 6) is 2.08. The Morgan fingerprint density at radius 3 is 2.86 bits per heavy atom. The van der Waals surface area contributed by atoms with Gasteiger partial charge in [0.15, 0.2) is 0 Å². The quantitative estimate of drug-likeness (QED) is 0.611. The number of rotatable bonds is 7. The molecule has 1 aliphatic carbocycles. The molecule has 0 spiro atoms. The topological polar surface area (TPSA) is 34.2 Å². The van der Waals surface area contributed by atoms with Gasteiger partial charge in [-0.2, -0.15) is 0 Å². The van der Waals surface area contributed by atoms with Crippen molar-refractivity contribution in [1.29, 1.82) is 0 Å². The lowest BCUT2D eigenvalue weighted by atomic mass is 9.85. The van der Waals surface area contributed by atoms with E-state index in [9.17, 15) is 0 Å². The fraction of sp³-hybridized carbons (Fsp3) is 0.611. The first-order valence-electron chi connectivity index (χ1n) is 8.15. The number of ether oxygens (including phenoxy) is 1. The number of hydrogen-bond donors (Lipinski definition) is 1. The Morgan fingerprint density at radius 2 is 2.10 bits per heavy atom. The van der Waals surface area contributed by atoms with E-state index in [4.69, 9.17) is 4.74 Å². The normalized spacial score (nSPS) is 21.5. The molecule has 0 aromatic carbocycles. The van der Waals surface area contributed by atoms with Crippen molar-refractivity contribution in [2.45, 2.75) is 46.6 Å². The highest BCUT2D eigenvalue weighted by atomic mass is 16.5. The Hall–Kier alpha value is -1.35. The molecule has 0 bridgehead atoms. The number of nitrogens with one attached hydrogen (secondary N) is 1. The number of aromatic nitrogens is 1. The molecule has 2 atom stereocenters. The zero-order valence-corrected chi connectivity index (χ0v) is 13.6. The Morgan fingerprint density at radius 1 is 1.29 bits per heavy atom. The fourth-order valence-corrected chi connectivity index (χ4v) is 2.72. The van der Waals surface area contributed by atoms with Crippen molar-refractivity contribution in [2.75, 3.05) is 13.2 Å². The van der Waals surface area contributed by atoms with E-state index in [0.29, 0.717) is 11.8 Å². The summed E-state index contributed by atoms with van der Waals surface area (Å²) in [4.78, 5) is 4.50. The third kappa shape index (κ3) is 5.16. The molecule has 3 nitrogen and oxygen atoms in total. The lowest BCUT2D eigenvalue weighted by molar-refractivity contribution is 0.192. The Labute approximate surface area is 128 Å². The third-order valence-corrected chi connectivity index (χ3v) is 4.11. The van der Waals surface area contributed by atoms with Gasteiger partial charge in [-0.05, 0) is 56.2 Å².